The number of nitrogens with zero attached hydrogens (tertiary/aromatic N) is 6. The maximum atomic E-state index is 4.66. The molecule has 0 N–H and O–H groups in total. The van der Waals surface area contributed by atoms with E-state index in [1.807, 2.05) is 0 Å². The fourth-order valence-corrected chi connectivity index (χ4v) is 9.74. The van der Waals surface area contributed by atoms with Crippen molar-refractivity contribution in [3.63, 3.8) is 0 Å². The van der Waals surface area contributed by atoms with E-state index in [9.17, 15) is 0 Å². The third-order valence-electron chi connectivity index (χ3n) is 10.5. The zero-order valence-corrected chi connectivity index (χ0v) is 36.4. The van der Waals surface area contributed by atoms with Gasteiger partial charge in [0.05, 0.1) is 23.5 Å². The summed E-state index contributed by atoms with van der Waals surface area (Å²) in [6, 6.07) is 44.4. The number of halogens is 2. The SMILES string of the molecule is CCN(CC)c1ccc(C(=C(c2ccc(-c3ccc(Br)c4nsnc34)cc2)c2ccc(-c3ccc(Br)c4nsnc34)cc2)c2ccc(N(CC)CC)cc2)cc1. The van der Waals surface area contributed by atoms with Crippen molar-refractivity contribution >= 4 is 99.9 Å². The van der Waals surface area contributed by atoms with E-state index in [1.165, 1.54) is 40.4 Å². The minimum absolute atomic E-state index is 0.886. The van der Waals surface area contributed by atoms with Crippen LogP contribution in [0, 0.1) is 0 Å². The Bertz CT molecular complexity index is 2460. The summed E-state index contributed by atoms with van der Waals surface area (Å²) in [6.45, 7) is 12.7. The molecule has 280 valence electrons. The van der Waals surface area contributed by atoms with Crippen LogP contribution >= 0.6 is 55.3 Å². The summed E-state index contributed by atoms with van der Waals surface area (Å²) in [6.07, 6.45) is 0. The largest absolute Gasteiger partial charge is 0.372 e. The van der Waals surface area contributed by atoms with Crippen molar-refractivity contribution < 1.29 is 0 Å². The Morgan fingerprint density at radius 1 is 0.411 bits per heavy atom. The van der Waals surface area contributed by atoms with Crippen LogP contribution in [0.2, 0.25) is 0 Å². The molecular formula is C46H40Br2N6S2. The fourth-order valence-electron chi connectivity index (χ4n) is 7.54. The normalized spacial score (nSPS) is 11.3. The second-order valence-corrected chi connectivity index (χ2v) is 16.2. The molecule has 10 heteroatoms. The molecule has 8 aromatic rings. The molecule has 0 saturated carbocycles. The molecule has 0 atom stereocenters. The Kier molecular flexibility index (Phi) is 11.4. The lowest BCUT2D eigenvalue weighted by Crippen LogP contribution is -2.21. The predicted molar refractivity (Wildman–Crippen MR) is 246 cm³/mol. The highest BCUT2D eigenvalue weighted by Gasteiger charge is 2.20. The smallest absolute Gasteiger partial charge is 0.119 e. The number of anilines is 2. The van der Waals surface area contributed by atoms with Gasteiger partial charge in [0.15, 0.2) is 0 Å². The van der Waals surface area contributed by atoms with Crippen LogP contribution in [0.3, 0.4) is 0 Å². The molecule has 0 saturated heterocycles. The number of aromatic nitrogens is 4. The fraction of sp³-hybridized carbons (Fsp3) is 0.174. The molecule has 8 rings (SSSR count). The minimum Gasteiger partial charge on any atom is -0.372 e. The highest BCUT2D eigenvalue weighted by atomic mass is 79.9. The van der Waals surface area contributed by atoms with Crippen molar-refractivity contribution in [1.82, 2.24) is 17.5 Å². The van der Waals surface area contributed by atoms with E-state index >= 15 is 0 Å². The molecule has 0 aliphatic heterocycles. The Morgan fingerprint density at radius 2 is 0.714 bits per heavy atom. The predicted octanol–water partition coefficient (Wildman–Crippen LogP) is 13.3. The average molecular weight is 901 g/mol. The van der Waals surface area contributed by atoms with Crippen LogP contribution in [-0.4, -0.2) is 43.7 Å². The molecule has 0 radical (unpaired) electrons. The average Bonchev–Trinajstić information content (AvgIpc) is 3.95. The monoisotopic (exact) mass is 898 g/mol. The second-order valence-electron chi connectivity index (χ2n) is 13.5. The highest BCUT2D eigenvalue weighted by Crippen LogP contribution is 2.41. The molecule has 0 bridgehead atoms. The van der Waals surface area contributed by atoms with E-state index in [2.05, 4.69) is 208 Å². The molecule has 2 heterocycles. The van der Waals surface area contributed by atoms with Crippen LogP contribution in [0.5, 0.6) is 0 Å². The molecule has 0 fully saturated rings. The van der Waals surface area contributed by atoms with E-state index in [4.69, 9.17) is 0 Å². The minimum atomic E-state index is 0.886. The maximum absolute atomic E-state index is 4.66. The van der Waals surface area contributed by atoms with Gasteiger partial charge in [0.2, 0.25) is 0 Å². The van der Waals surface area contributed by atoms with E-state index < -0.39 is 0 Å². The molecule has 6 aromatic carbocycles. The van der Waals surface area contributed by atoms with Gasteiger partial charge in [0.25, 0.3) is 0 Å². The Morgan fingerprint density at radius 3 is 1.04 bits per heavy atom. The number of fused-ring (bicyclic) bond motifs is 2. The third kappa shape index (κ3) is 7.31. The topological polar surface area (TPSA) is 58.0 Å². The van der Waals surface area contributed by atoms with Crippen molar-refractivity contribution in [2.24, 2.45) is 0 Å². The van der Waals surface area contributed by atoms with Gasteiger partial charge in [-0.2, -0.15) is 17.5 Å². The summed E-state index contributed by atoms with van der Waals surface area (Å²) in [5, 5.41) is 0. The van der Waals surface area contributed by atoms with Gasteiger partial charge in [-0.3, -0.25) is 0 Å². The lowest BCUT2D eigenvalue weighted by atomic mass is 9.84. The van der Waals surface area contributed by atoms with Crippen LogP contribution < -0.4 is 9.80 Å². The first-order chi connectivity index (χ1) is 27.4. The summed E-state index contributed by atoms with van der Waals surface area (Å²) >= 11 is 9.79. The van der Waals surface area contributed by atoms with Gasteiger partial charge >= 0.3 is 0 Å². The molecule has 6 nitrogen and oxygen atoms in total. The van der Waals surface area contributed by atoms with Crippen molar-refractivity contribution in [2.45, 2.75) is 27.7 Å². The van der Waals surface area contributed by atoms with Gasteiger partial charge in [0, 0.05) is 57.6 Å². The summed E-state index contributed by atoms with van der Waals surface area (Å²) in [7, 11) is 0. The number of benzene rings is 6. The first-order valence-electron chi connectivity index (χ1n) is 18.9. The van der Waals surface area contributed by atoms with Gasteiger partial charge in [0.1, 0.15) is 22.1 Å². The standard InChI is InChI=1S/C46H40Br2N6S2/c1-5-53(6-2)35-21-17-33(18-22-35)42(34-19-23-36(24-20-34)54(7-3)8-4)41(31-13-9-29(10-14-31)37-25-27-39(47)45-43(37)49-55-51-45)32-15-11-30(12-16-32)38-26-28-40(48)46-44(38)50-56-52-46/h9-28H,5-8H2,1-4H3. The zero-order chi connectivity index (χ0) is 38.8. The van der Waals surface area contributed by atoms with E-state index in [-0.39, 0.29) is 0 Å². The Balaban J connectivity index is 1.34. The lowest BCUT2D eigenvalue weighted by molar-refractivity contribution is 0.866. The van der Waals surface area contributed by atoms with E-state index in [0.717, 1.165) is 107 Å². The van der Waals surface area contributed by atoms with Crippen molar-refractivity contribution in [2.75, 3.05) is 36.0 Å². The lowest BCUT2D eigenvalue weighted by Gasteiger charge is -2.24. The Hall–Kier alpha value is -4.74. The molecule has 0 unspecified atom stereocenters. The second kappa shape index (κ2) is 16.8. The highest BCUT2D eigenvalue weighted by molar-refractivity contribution is 9.11. The van der Waals surface area contributed by atoms with Crippen LogP contribution in [-0.2, 0) is 0 Å². The zero-order valence-electron chi connectivity index (χ0n) is 31.6. The van der Waals surface area contributed by atoms with Crippen LogP contribution in [0.1, 0.15) is 49.9 Å². The number of hydrogen-bond acceptors (Lipinski definition) is 8. The summed E-state index contributed by atoms with van der Waals surface area (Å²) < 4.78 is 20.3. The van der Waals surface area contributed by atoms with Crippen molar-refractivity contribution in [3.8, 4) is 22.3 Å². The van der Waals surface area contributed by atoms with Gasteiger partial charge in [-0.05, 0) is 140 Å². The molecular weight excluding hydrogens is 860 g/mol. The quantitative estimate of drug-likeness (QED) is 0.114. The van der Waals surface area contributed by atoms with Crippen LogP contribution in [0.4, 0.5) is 11.4 Å². The first kappa shape index (κ1) is 38.1. The third-order valence-corrected chi connectivity index (χ3v) is 12.9. The molecule has 0 spiro atoms. The van der Waals surface area contributed by atoms with Gasteiger partial charge in [-0.25, -0.2) is 0 Å². The maximum Gasteiger partial charge on any atom is 0.119 e. The van der Waals surface area contributed by atoms with Crippen LogP contribution in [0.25, 0.3) is 55.5 Å². The molecule has 0 aliphatic rings. The molecule has 56 heavy (non-hydrogen) atoms. The van der Waals surface area contributed by atoms with Gasteiger partial charge < -0.3 is 9.80 Å². The van der Waals surface area contributed by atoms with Gasteiger partial charge in [-0.1, -0.05) is 84.9 Å². The van der Waals surface area contributed by atoms with Crippen LogP contribution in [0.15, 0.2) is 130 Å². The van der Waals surface area contributed by atoms with E-state index in [1.54, 1.807) is 0 Å². The van der Waals surface area contributed by atoms with Gasteiger partial charge in [-0.15, -0.1) is 0 Å². The summed E-state index contributed by atoms with van der Waals surface area (Å²) in [5.74, 6) is 0. The Labute approximate surface area is 353 Å². The molecule has 0 aliphatic carbocycles. The molecule has 2 aromatic heterocycles. The summed E-state index contributed by atoms with van der Waals surface area (Å²) in [5.41, 5.74) is 17.2. The van der Waals surface area contributed by atoms with Crippen molar-refractivity contribution in [3.05, 3.63) is 153 Å². The first-order valence-corrected chi connectivity index (χ1v) is 21.9. The van der Waals surface area contributed by atoms with Crippen molar-refractivity contribution in [1.29, 1.82) is 0 Å². The number of hydrogen-bond donors (Lipinski definition) is 0. The molecule has 0 amide bonds. The van der Waals surface area contributed by atoms with E-state index in [0.29, 0.717) is 0 Å². The number of rotatable bonds is 12. The summed E-state index contributed by atoms with van der Waals surface area (Å²) in [4.78, 5) is 4.77.